The van der Waals surface area contributed by atoms with Gasteiger partial charge in [0.25, 0.3) is 0 Å². The summed E-state index contributed by atoms with van der Waals surface area (Å²) in [7, 11) is 0. The lowest BCUT2D eigenvalue weighted by Crippen LogP contribution is -2.20. The Balaban J connectivity index is 1.34. The molecule has 0 spiro atoms. The summed E-state index contributed by atoms with van der Waals surface area (Å²) in [4.78, 5) is 9.20. The molecule has 1 aromatic heterocycles. The molecule has 0 amide bonds. The highest BCUT2D eigenvalue weighted by Crippen LogP contribution is 2.36. The van der Waals surface area contributed by atoms with Crippen LogP contribution in [0.1, 0.15) is 129 Å². The summed E-state index contributed by atoms with van der Waals surface area (Å²) >= 11 is 0. The first-order valence-electron chi connectivity index (χ1n) is 15.3. The van der Waals surface area contributed by atoms with Gasteiger partial charge in [-0.15, -0.1) is 0 Å². The van der Waals surface area contributed by atoms with Crippen LogP contribution in [0.2, 0.25) is 0 Å². The fraction of sp³-hybridized carbons (Fsp3) is 0.697. The van der Waals surface area contributed by atoms with Crippen LogP contribution < -0.4 is 4.74 Å². The number of hydrogen-bond donors (Lipinski definition) is 0. The number of unbranched alkanes of at least 4 members (excludes halogenated alkanes) is 8. The SMILES string of the molecule is CCCCCCCCC1CCCCC1CCCOc1ccc(-c2ncc(CCCCCC)cn2)cc1. The van der Waals surface area contributed by atoms with Gasteiger partial charge in [0.05, 0.1) is 6.61 Å². The van der Waals surface area contributed by atoms with Crippen LogP contribution in [0.5, 0.6) is 5.75 Å². The molecule has 2 atom stereocenters. The van der Waals surface area contributed by atoms with E-state index in [1.807, 2.05) is 12.4 Å². The first-order valence-corrected chi connectivity index (χ1v) is 15.3. The highest BCUT2D eigenvalue weighted by atomic mass is 16.5. The van der Waals surface area contributed by atoms with E-state index in [0.717, 1.165) is 42.0 Å². The van der Waals surface area contributed by atoms with Gasteiger partial charge in [0.15, 0.2) is 5.82 Å². The summed E-state index contributed by atoms with van der Waals surface area (Å²) in [5.41, 5.74) is 2.29. The molecular weight excluding hydrogens is 440 g/mol. The predicted molar refractivity (Wildman–Crippen MR) is 153 cm³/mol. The molecule has 3 heteroatoms. The van der Waals surface area contributed by atoms with Crippen molar-refractivity contribution in [1.82, 2.24) is 9.97 Å². The molecule has 3 nitrogen and oxygen atoms in total. The number of rotatable bonds is 18. The van der Waals surface area contributed by atoms with Gasteiger partial charge in [0, 0.05) is 18.0 Å². The molecule has 1 aromatic carbocycles. The highest BCUT2D eigenvalue weighted by molar-refractivity contribution is 5.55. The number of aromatic nitrogens is 2. The zero-order valence-electron chi connectivity index (χ0n) is 23.4. The van der Waals surface area contributed by atoms with E-state index in [1.54, 1.807) is 0 Å². The average Bonchev–Trinajstić information content (AvgIpc) is 2.92. The van der Waals surface area contributed by atoms with Gasteiger partial charge in [-0.3, -0.25) is 0 Å². The molecule has 0 radical (unpaired) electrons. The zero-order chi connectivity index (χ0) is 25.3. The largest absolute Gasteiger partial charge is 0.494 e. The first kappa shape index (κ1) is 28.7. The van der Waals surface area contributed by atoms with E-state index in [0.29, 0.717) is 0 Å². The summed E-state index contributed by atoms with van der Waals surface area (Å²) in [5.74, 6) is 3.64. The van der Waals surface area contributed by atoms with Gasteiger partial charge in [0.2, 0.25) is 0 Å². The molecule has 1 saturated carbocycles. The van der Waals surface area contributed by atoms with Crippen LogP contribution in [0.3, 0.4) is 0 Å². The van der Waals surface area contributed by atoms with E-state index in [1.165, 1.54) is 115 Å². The van der Waals surface area contributed by atoms with Crippen molar-refractivity contribution in [3.63, 3.8) is 0 Å². The molecule has 3 rings (SSSR count). The second-order valence-corrected chi connectivity index (χ2v) is 11.1. The molecule has 1 heterocycles. The van der Waals surface area contributed by atoms with E-state index in [4.69, 9.17) is 4.74 Å². The third-order valence-corrected chi connectivity index (χ3v) is 8.12. The van der Waals surface area contributed by atoms with E-state index < -0.39 is 0 Å². The second-order valence-electron chi connectivity index (χ2n) is 11.1. The number of nitrogens with zero attached hydrogens (tertiary/aromatic N) is 2. The Hall–Kier alpha value is -1.90. The van der Waals surface area contributed by atoms with Crippen LogP contribution in [0, 0.1) is 11.8 Å². The molecule has 2 aromatic rings. The number of benzene rings is 1. The molecule has 1 aliphatic carbocycles. The summed E-state index contributed by atoms with van der Waals surface area (Å²) in [6, 6.07) is 8.31. The Morgan fingerprint density at radius 2 is 1.28 bits per heavy atom. The molecule has 2 unspecified atom stereocenters. The molecular formula is C33H52N2O. The van der Waals surface area contributed by atoms with Gasteiger partial charge >= 0.3 is 0 Å². The molecule has 0 bridgehead atoms. The first-order chi connectivity index (χ1) is 17.8. The third kappa shape index (κ3) is 10.6. The monoisotopic (exact) mass is 492 g/mol. The van der Waals surface area contributed by atoms with E-state index in [-0.39, 0.29) is 0 Å². The van der Waals surface area contributed by atoms with Gasteiger partial charge in [-0.2, -0.15) is 0 Å². The van der Waals surface area contributed by atoms with Crippen molar-refractivity contribution >= 4 is 0 Å². The fourth-order valence-electron chi connectivity index (χ4n) is 5.86. The van der Waals surface area contributed by atoms with Gasteiger partial charge < -0.3 is 4.74 Å². The van der Waals surface area contributed by atoms with E-state index in [2.05, 4.69) is 48.1 Å². The normalized spacial score (nSPS) is 17.8. The van der Waals surface area contributed by atoms with Gasteiger partial charge in [0.1, 0.15) is 5.75 Å². The Kier molecular flexibility index (Phi) is 14.0. The summed E-state index contributed by atoms with van der Waals surface area (Å²) in [6.45, 7) is 5.37. The summed E-state index contributed by atoms with van der Waals surface area (Å²) in [5, 5.41) is 0. The smallest absolute Gasteiger partial charge is 0.159 e. The summed E-state index contributed by atoms with van der Waals surface area (Å²) < 4.78 is 6.10. The third-order valence-electron chi connectivity index (χ3n) is 8.12. The lowest BCUT2D eigenvalue weighted by molar-refractivity contribution is 0.190. The van der Waals surface area contributed by atoms with Gasteiger partial charge in [-0.05, 0) is 67.3 Å². The topological polar surface area (TPSA) is 35.0 Å². The Bertz CT molecular complexity index is 801. The van der Waals surface area contributed by atoms with Crippen LogP contribution in [0.4, 0.5) is 0 Å². The van der Waals surface area contributed by atoms with Gasteiger partial charge in [-0.25, -0.2) is 9.97 Å². The predicted octanol–water partition coefficient (Wildman–Crippen LogP) is 9.98. The van der Waals surface area contributed by atoms with Crippen LogP contribution in [0.15, 0.2) is 36.7 Å². The maximum absolute atomic E-state index is 6.10. The fourth-order valence-corrected chi connectivity index (χ4v) is 5.86. The quantitative estimate of drug-likeness (QED) is 0.194. The van der Waals surface area contributed by atoms with Crippen molar-refractivity contribution < 1.29 is 4.74 Å². The van der Waals surface area contributed by atoms with Crippen LogP contribution in [0.25, 0.3) is 11.4 Å². The number of ether oxygens (including phenoxy) is 1. The molecule has 1 aliphatic rings. The Morgan fingerprint density at radius 3 is 1.94 bits per heavy atom. The maximum atomic E-state index is 6.10. The zero-order valence-corrected chi connectivity index (χ0v) is 23.4. The van der Waals surface area contributed by atoms with Gasteiger partial charge in [-0.1, -0.05) is 104 Å². The Labute approximate surface area is 221 Å². The van der Waals surface area contributed by atoms with Crippen molar-refractivity contribution in [3.8, 4) is 17.1 Å². The van der Waals surface area contributed by atoms with Crippen molar-refractivity contribution in [2.24, 2.45) is 11.8 Å². The molecule has 36 heavy (non-hydrogen) atoms. The van der Waals surface area contributed by atoms with Crippen LogP contribution in [-0.2, 0) is 6.42 Å². The molecule has 0 saturated heterocycles. The number of aryl methyl sites for hydroxylation is 1. The lowest BCUT2D eigenvalue weighted by Gasteiger charge is -2.32. The van der Waals surface area contributed by atoms with Crippen molar-refractivity contribution in [3.05, 3.63) is 42.2 Å². The molecule has 0 aliphatic heterocycles. The minimum absolute atomic E-state index is 0.799. The van der Waals surface area contributed by atoms with Crippen molar-refractivity contribution in [1.29, 1.82) is 0 Å². The van der Waals surface area contributed by atoms with Crippen LogP contribution in [-0.4, -0.2) is 16.6 Å². The van der Waals surface area contributed by atoms with E-state index >= 15 is 0 Å². The number of hydrogen-bond acceptors (Lipinski definition) is 3. The van der Waals surface area contributed by atoms with Crippen molar-refractivity contribution in [2.45, 2.75) is 129 Å². The van der Waals surface area contributed by atoms with E-state index in [9.17, 15) is 0 Å². The van der Waals surface area contributed by atoms with Crippen molar-refractivity contribution in [2.75, 3.05) is 6.61 Å². The second kappa shape index (κ2) is 17.5. The summed E-state index contributed by atoms with van der Waals surface area (Å²) in [6.07, 6.45) is 28.4. The minimum atomic E-state index is 0.799. The minimum Gasteiger partial charge on any atom is -0.494 e. The van der Waals surface area contributed by atoms with Crippen LogP contribution >= 0.6 is 0 Å². The highest BCUT2D eigenvalue weighted by Gasteiger charge is 2.24. The average molecular weight is 493 g/mol. The Morgan fingerprint density at radius 1 is 0.694 bits per heavy atom. The maximum Gasteiger partial charge on any atom is 0.159 e. The molecule has 1 fully saturated rings. The lowest BCUT2D eigenvalue weighted by atomic mass is 9.74. The molecule has 200 valence electrons. The standard InChI is InChI=1S/C33H52N2O/c1-3-5-7-9-10-12-17-29-18-13-14-19-30(29)20-15-25-36-32-23-21-31(22-24-32)33-34-26-28(27-35-33)16-11-8-6-4-2/h21-24,26-27,29-30H,3-20,25H2,1-2H3. The molecule has 0 N–H and O–H groups in total.